The average Bonchev–Trinajstić information content (AvgIpc) is 3.03. The molecule has 0 radical (unpaired) electrons. The lowest BCUT2D eigenvalue weighted by Gasteiger charge is -2.06. The number of sulfone groups is 1. The van der Waals surface area contributed by atoms with Crippen molar-refractivity contribution in [3.8, 4) is 11.1 Å². The van der Waals surface area contributed by atoms with Crippen molar-refractivity contribution >= 4 is 26.9 Å². The predicted octanol–water partition coefficient (Wildman–Crippen LogP) is 1.96. The molecule has 1 aromatic carbocycles. The fourth-order valence-corrected chi connectivity index (χ4v) is 3.01. The van der Waals surface area contributed by atoms with Gasteiger partial charge in [0.15, 0.2) is 5.65 Å². The lowest BCUT2D eigenvalue weighted by atomic mass is 10.1. The molecule has 0 aliphatic carbocycles. The monoisotopic (exact) mass is 372 g/mol. The minimum absolute atomic E-state index is 0.0769. The Hall–Kier alpha value is -2.74. The van der Waals surface area contributed by atoms with Crippen molar-refractivity contribution in [2.24, 2.45) is 0 Å². The number of hydrogen-bond donors (Lipinski definition) is 2. The Morgan fingerprint density at radius 1 is 1.19 bits per heavy atom. The summed E-state index contributed by atoms with van der Waals surface area (Å²) in [5.41, 5.74) is 3.90. The molecule has 136 valence electrons. The zero-order chi connectivity index (χ0) is 18.7. The summed E-state index contributed by atoms with van der Waals surface area (Å²) in [5, 5.41) is 2.60. The molecule has 0 aliphatic rings. The van der Waals surface area contributed by atoms with Gasteiger partial charge >= 0.3 is 0 Å². The fourth-order valence-electron chi connectivity index (χ4n) is 2.54. The maximum absolute atomic E-state index is 12.1. The van der Waals surface area contributed by atoms with E-state index in [-0.39, 0.29) is 18.2 Å². The number of aromatic nitrogens is 3. The van der Waals surface area contributed by atoms with Crippen LogP contribution in [0.2, 0.25) is 0 Å². The van der Waals surface area contributed by atoms with E-state index in [1.807, 2.05) is 25.1 Å². The summed E-state index contributed by atoms with van der Waals surface area (Å²) in [6.07, 6.45) is 3.71. The Bertz CT molecular complexity index is 1040. The van der Waals surface area contributed by atoms with Gasteiger partial charge in [0.05, 0.1) is 11.3 Å². The number of H-pyrrole nitrogens is 1. The molecule has 2 aromatic heterocycles. The van der Waals surface area contributed by atoms with E-state index in [4.69, 9.17) is 0 Å². The maximum Gasteiger partial charge on any atom is 0.251 e. The molecule has 0 saturated carbocycles. The number of imidazole rings is 1. The van der Waals surface area contributed by atoms with Gasteiger partial charge in [0.25, 0.3) is 5.91 Å². The number of nitrogens with one attached hydrogen (secondary N) is 2. The quantitative estimate of drug-likeness (QED) is 0.688. The maximum atomic E-state index is 12.1. The largest absolute Gasteiger partial charge is 0.351 e. The number of carbonyl (C=O) groups is 1. The van der Waals surface area contributed by atoms with Crippen LogP contribution < -0.4 is 5.32 Å². The van der Waals surface area contributed by atoms with E-state index in [1.165, 1.54) is 0 Å². The first kappa shape index (κ1) is 18.1. The summed E-state index contributed by atoms with van der Waals surface area (Å²) in [6.45, 7) is 2.12. The molecule has 3 rings (SSSR count). The van der Waals surface area contributed by atoms with E-state index in [1.54, 1.807) is 18.3 Å². The van der Waals surface area contributed by atoms with Crippen LogP contribution in [0.1, 0.15) is 23.1 Å². The summed E-state index contributed by atoms with van der Waals surface area (Å²) in [7, 11) is -3.09. The van der Waals surface area contributed by atoms with Crippen molar-refractivity contribution in [2.45, 2.75) is 13.3 Å². The molecule has 3 aromatic rings. The third-order valence-electron chi connectivity index (χ3n) is 3.96. The highest BCUT2D eigenvalue weighted by atomic mass is 32.2. The van der Waals surface area contributed by atoms with Crippen LogP contribution in [0.4, 0.5) is 0 Å². The Morgan fingerprint density at radius 3 is 2.58 bits per heavy atom. The van der Waals surface area contributed by atoms with E-state index < -0.39 is 9.84 Å². The third-order valence-corrected chi connectivity index (χ3v) is 4.91. The van der Waals surface area contributed by atoms with Gasteiger partial charge < -0.3 is 10.3 Å². The van der Waals surface area contributed by atoms with E-state index in [0.29, 0.717) is 11.2 Å². The van der Waals surface area contributed by atoms with Gasteiger partial charge in [-0.15, -0.1) is 0 Å². The molecule has 2 N–H and O–H groups in total. The average molecular weight is 372 g/mol. The molecule has 0 unspecified atom stereocenters. The number of carbonyl (C=O) groups excluding carboxylic acids is 1. The first-order valence-electron chi connectivity index (χ1n) is 8.27. The number of pyridine rings is 1. The Labute approximate surface area is 151 Å². The summed E-state index contributed by atoms with van der Waals surface area (Å²) < 4.78 is 22.2. The summed E-state index contributed by atoms with van der Waals surface area (Å²) in [5.74, 6) is 0.521. The smallest absolute Gasteiger partial charge is 0.251 e. The minimum Gasteiger partial charge on any atom is -0.351 e. The molecule has 0 aliphatic heterocycles. The number of hydrogen-bond acceptors (Lipinski definition) is 5. The van der Waals surface area contributed by atoms with E-state index in [2.05, 4.69) is 20.3 Å². The molecule has 2 heterocycles. The first-order chi connectivity index (χ1) is 12.4. The van der Waals surface area contributed by atoms with E-state index in [0.717, 1.165) is 35.1 Å². The number of fused-ring (bicyclic) bond motifs is 1. The van der Waals surface area contributed by atoms with Gasteiger partial charge in [-0.1, -0.05) is 19.1 Å². The first-order valence-corrected chi connectivity index (χ1v) is 10.3. The fraction of sp³-hybridized carbons (Fsp3) is 0.278. The van der Waals surface area contributed by atoms with Crippen LogP contribution in [0.3, 0.4) is 0 Å². The van der Waals surface area contributed by atoms with Crippen LogP contribution in [0.25, 0.3) is 22.3 Å². The van der Waals surface area contributed by atoms with Gasteiger partial charge in [-0.3, -0.25) is 4.79 Å². The highest BCUT2D eigenvalue weighted by Gasteiger charge is 2.09. The summed E-state index contributed by atoms with van der Waals surface area (Å²) >= 11 is 0. The zero-order valence-electron chi connectivity index (χ0n) is 14.6. The van der Waals surface area contributed by atoms with Gasteiger partial charge in [-0.25, -0.2) is 18.4 Å². The summed E-state index contributed by atoms with van der Waals surface area (Å²) in [6, 6.07) is 9.08. The van der Waals surface area contributed by atoms with Crippen molar-refractivity contribution in [3.63, 3.8) is 0 Å². The Kier molecular flexibility index (Phi) is 5.03. The predicted molar refractivity (Wildman–Crippen MR) is 101 cm³/mol. The van der Waals surface area contributed by atoms with Crippen molar-refractivity contribution in [2.75, 3.05) is 18.6 Å². The number of amides is 1. The number of aromatic amines is 1. The van der Waals surface area contributed by atoms with Gasteiger partial charge in [-0.05, 0) is 23.8 Å². The van der Waals surface area contributed by atoms with Gasteiger partial charge in [0.2, 0.25) is 0 Å². The van der Waals surface area contributed by atoms with Crippen LogP contribution in [0, 0.1) is 0 Å². The molecule has 0 fully saturated rings. The molecule has 26 heavy (non-hydrogen) atoms. The van der Waals surface area contributed by atoms with E-state index >= 15 is 0 Å². The number of benzene rings is 1. The second-order valence-corrected chi connectivity index (χ2v) is 8.36. The molecule has 1 amide bonds. The number of aryl methyl sites for hydroxylation is 1. The zero-order valence-corrected chi connectivity index (χ0v) is 15.4. The van der Waals surface area contributed by atoms with Crippen LogP contribution in [-0.4, -0.2) is 47.8 Å². The molecule has 7 nitrogen and oxygen atoms in total. The molecule has 8 heteroatoms. The van der Waals surface area contributed by atoms with Crippen LogP contribution in [0.5, 0.6) is 0 Å². The standard InChI is InChI=1S/C18H20N4O3S/c1-3-16-21-15-10-14(11-20-17(15)22-16)12-4-6-13(7-5-12)18(23)19-8-9-26(2,24)25/h4-7,10-11H,3,8-9H2,1-2H3,(H,19,23)(H,20,21,22). The van der Waals surface area contributed by atoms with Gasteiger partial charge in [0.1, 0.15) is 15.7 Å². The topological polar surface area (TPSA) is 105 Å². The van der Waals surface area contributed by atoms with E-state index in [9.17, 15) is 13.2 Å². The van der Waals surface area contributed by atoms with Crippen LogP contribution >= 0.6 is 0 Å². The Balaban J connectivity index is 1.73. The molecule has 0 atom stereocenters. The summed E-state index contributed by atoms with van der Waals surface area (Å²) in [4.78, 5) is 24.0. The molecule has 0 saturated heterocycles. The van der Waals surface area contributed by atoms with Crippen molar-refractivity contribution in [1.82, 2.24) is 20.3 Å². The van der Waals surface area contributed by atoms with Gasteiger partial charge in [-0.2, -0.15) is 0 Å². The van der Waals surface area contributed by atoms with Crippen LogP contribution in [0.15, 0.2) is 36.5 Å². The van der Waals surface area contributed by atoms with Crippen molar-refractivity contribution in [3.05, 3.63) is 47.9 Å². The Morgan fingerprint density at radius 2 is 1.92 bits per heavy atom. The second kappa shape index (κ2) is 7.25. The van der Waals surface area contributed by atoms with Gasteiger partial charge in [0, 0.05) is 36.5 Å². The lowest BCUT2D eigenvalue weighted by Crippen LogP contribution is -2.28. The molecular formula is C18H20N4O3S. The van der Waals surface area contributed by atoms with Crippen LogP contribution in [-0.2, 0) is 16.3 Å². The molecule has 0 spiro atoms. The molecular weight excluding hydrogens is 352 g/mol. The number of nitrogens with zero attached hydrogens (tertiary/aromatic N) is 2. The SMILES string of the molecule is CCc1nc2ncc(-c3ccc(C(=O)NCCS(C)(=O)=O)cc3)cc2[nH]1. The highest BCUT2D eigenvalue weighted by Crippen LogP contribution is 2.22. The molecule has 0 bridgehead atoms. The lowest BCUT2D eigenvalue weighted by molar-refractivity contribution is 0.0956. The third kappa shape index (κ3) is 4.26. The van der Waals surface area contributed by atoms with Crippen molar-refractivity contribution < 1.29 is 13.2 Å². The highest BCUT2D eigenvalue weighted by molar-refractivity contribution is 7.90. The van der Waals surface area contributed by atoms with Crippen molar-refractivity contribution in [1.29, 1.82) is 0 Å². The second-order valence-electron chi connectivity index (χ2n) is 6.10. The normalized spacial score (nSPS) is 11.6. The minimum atomic E-state index is -3.09. The number of rotatable bonds is 6.